The summed E-state index contributed by atoms with van der Waals surface area (Å²) in [6, 6.07) is 0. The van der Waals surface area contributed by atoms with E-state index in [4.69, 9.17) is 0 Å². The first-order valence-corrected chi connectivity index (χ1v) is 6.08. The first-order chi connectivity index (χ1) is 9.09. The Morgan fingerprint density at radius 1 is 1.32 bits per heavy atom. The fourth-order valence-electron chi connectivity index (χ4n) is 1.85. The van der Waals surface area contributed by atoms with Crippen molar-refractivity contribution in [2.45, 2.75) is 32.9 Å². The summed E-state index contributed by atoms with van der Waals surface area (Å²) in [4.78, 5) is 28.9. The highest BCUT2D eigenvalue weighted by atomic mass is 16.3. The molecule has 102 valence electrons. The Labute approximate surface area is 109 Å². The molecule has 0 fully saturated rings. The average molecular weight is 264 g/mol. The van der Waals surface area contributed by atoms with Gasteiger partial charge in [0, 0.05) is 25.5 Å². The summed E-state index contributed by atoms with van der Waals surface area (Å²) in [7, 11) is 0. The van der Waals surface area contributed by atoms with Crippen LogP contribution >= 0.6 is 0 Å². The van der Waals surface area contributed by atoms with Gasteiger partial charge in [-0.15, -0.1) is 0 Å². The molecule has 2 aromatic heterocycles. The molecule has 0 unspecified atom stereocenters. The predicted octanol–water partition coefficient (Wildman–Crippen LogP) is 0.228. The first kappa shape index (κ1) is 13.1. The van der Waals surface area contributed by atoms with Crippen LogP contribution in [-0.2, 0) is 13.1 Å². The van der Waals surface area contributed by atoms with E-state index in [-0.39, 0.29) is 11.4 Å². The molecule has 0 aliphatic carbocycles. The predicted molar refractivity (Wildman–Crippen MR) is 69.2 cm³/mol. The second kappa shape index (κ2) is 5.55. The van der Waals surface area contributed by atoms with Crippen molar-refractivity contribution in [3.05, 3.63) is 45.1 Å². The highest BCUT2D eigenvalue weighted by Gasteiger charge is 2.09. The van der Waals surface area contributed by atoms with Crippen LogP contribution in [0.5, 0.6) is 5.88 Å². The maximum absolute atomic E-state index is 11.6. The largest absolute Gasteiger partial charge is 0.494 e. The minimum absolute atomic E-state index is 0.161. The van der Waals surface area contributed by atoms with Gasteiger partial charge in [0.05, 0.1) is 11.9 Å². The highest BCUT2D eigenvalue weighted by molar-refractivity contribution is 5.20. The molecule has 0 saturated carbocycles. The van der Waals surface area contributed by atoms with Crippen molar-refractivity contribution in [2.75, 3.05) is 0 Å². The van der Waals surface area contributed by atoms with Crippen LogP contribution in [0.4, 0.5) is 0 Å². The van der Waals surface area contributed by atoms with Crippen LogP contribution in [0.1, 0.15) is 18.4 Å². The minimum Gasteiger partial charge on any atom is -0.494 e. The van der Waals surface area contributed by atoms with E-state index in [9.17, 15) is 14.7 Å². The van der Waals surface area contributed by atoms with Crippen LogP contribution in [0, 0.1) is 6.92 Å². The van der Waals surface area contributed by atoms with Crippen LogP contribution in [0.15, 0.2) is 28.3 Å². The number of hydrogen-bond acceptors (Lipinski definition) is 4. The molecule has 0 aliphatic rings. The van der Waals surface area contributed by atoms with Gasteiger partial charge in [0.15, 0.2) is 0 Å². The van der Waals surface area contributed by atoms with Gasteiger partial charge in [0.1, 0.15) is 0 Å². The van der Waals surface area contributed by atoms with Crippen LogP contribution in [-0.4, -0.2) is 24.2 Å². The summed E-state index contributed by atoms with van der Waals surface area (Å²) in [5.41, 5.74) is -0.956. The number of unbranched alkanes of at least 4 members (excludes halogenated alkanes) is 1. The molecule has 7 heteroatoms. The summed E-state index contributed by atoms with van der Waals surface area (Å²) in [5.74, 6) is -0.253. The van der Waals surface area contributed by atoms with E-state index >= 15 is 0 Å². The maximum Gasteiger partial charge on any atom is 0.331 e. The molecule has 0 atom stereocenters. The van der Waals surface area contributed by atoms with E-state index in [1.165, 1.54) is 11.5 Å². The average Bonchev–Trinajstić information content (AvgIpc) is 2.88. The van der Waals surface area contributed by atoms with Gasteiger partial charge in [-0.25, -0.2) is 9.78 Å². The summed E-state index contributed by atoms with van der Waals surface area (Å²) in [6.45, 7) is 2.66. The Hall–Kier alpha value is -2.31. The molecule has 0 spiro atoms. The number of imidazole rings is 1. The van der Waals surface area contributed by atoms with E-state index in [1.807, 2.05) is 10.8 Å². The lowest BCUT2D eigenvalue weighted by Gasteiger charge is -2.09. The standard InChI is InChI=1S/C12H16N4O3/c1-9-10(17)14-12(19)16(11(9)18)6-3-2-5-15-7-4-13-8-15/h4,7-8,18H,2-3,5-6H2,1H3,(H,14,17,19). The zero-order valence-electron chi connectivity index (χ0n) is 10.7. The molecule has 0 bridgehead atoms. The van der Waals surface area contributed by atoms with Gasteiger partial charge < -0.3 is 9.67 Å². The summed E-state index contributed by atoms with van der Waals surface area (Å²) >= 11 is 0. The van der Waals surface area contributed by atoms with Gasteiger partial charge in [-0.05, 0) is 19.8 Å². The first-order valence-electron chi connectivity index (χ1n) is 6.08. The van der Waals surface area contributed by atoms with E-state index in [0.29, 0.717) is 6.54 Å². The number of aromatic hydroxyl groups is 1. The third-order valence-corrected chi connectivity index (χ3v) is 3.00. The van der Waals surface area contributed by atoms with E-state index < -0.39 is 11.2 Å². The molecule has 2 N–H and O–H groups in total. The lowest BCUT2D eigenvalue weighted by atomic mass is 10.3. The van der Waals surface area contributed by atoms with Crippen LogP contribution < -0.4 is 11.2 Å². The molecule has 0 aliphatic heterocycles. The molecule has 2 rings (SSSR count). The van der Waals surface area contributed by atoms with Gasteiger partial charge in [0.25, 0.3) is 5.56 Å². The van der Waals surface area contributed by atoms with Gasteiger partial charge in [-0.1, -0.05) is 0 Å². The Bertz CT molecular complexity index is 655. The number of rotatable bonds is 5. The second-order valence-electron chi connectivity index (χ2n) is 4.37. The zero-order valence-corrected chi connectivity index (χ0v) is 10.7. The zero-order chi connectivity index (χ0) is 13.8. The lowest BCUT2D eigenvalue weighted by Crippen LogP contribution is -2.31. The van der Waals surface area contributed by atoms with E-state index in [1.54, 1.807) is 12.5 Å². The van der Waals surface area contributed by atoms with Gasteiger partial charge >= 0.3 is 5.69 Å². The Morgan fingerprint density at radius 2 is 2.05 bits per heavy atom. The fraction of sp³-hybridized carbons (Fsp3) is 0.417. The topological polar surface area (TPSA) is 92.9 Å². The number of H-pyrrole nitrogens is 1. The maximum atomic E-state index is 11.6. The lowest BCUT2D eigenvalue weighted by molar-refractivity contribution is 0.387. The van der Waals surface area contributed by atoms with Crippen molar-refractivity contribution < 1.29 is 5.11 Å². The minimum atomic E-state index is -0.573. The number of nitrogens with zero attached hydrogens (tertiary/aromatic N) is 3. The van der Waals surface area contributed by atoms with Crippen LogP contribution in [0.3, 0.4) is 0 Å². The molecule has 0 radical (unpaired) electrons. The van der Waals surface area contributed by atoms with Gasteiger partial charge in [-0.2, -0.15) is 0 Å². The smallest absolute Gasteiger partial charge is 0.331 e. The Balaban J connectivity index is 1.98. The molecule has 0 saturated heterocycles. The highest BCUT2D eigenvalue weighted by Crippen LogP contribution is 2.09. The second-order valence-corrected chi connectivity index (χ2v) is 4.37. The van der Waals surface area contributed by atoms with Crippen molar-refractivity contribution in [1.29, 1.82) is 0 Å². The third-order valence-electron chi connectivity index (χ3n) is 3.00. The van der Waals surface area contributed by atoms with Crippen molar-refractivity contribution in [3.63, 3.8) is 0 Å². The normalized spacial score (nSPS) is 10.8. The molecular formula is C12H16N4O3. The van der Waals surface area contributed by atoms with E-state index in [0.717, 1.165) is 19.4 Å². The van der Waals surface area contributed by atoms with Crippen molar-refractivity contribution in [1.82, 2.24) is 19.1 Å². The number of nitrogens with one attached hydrogen (secondary N) is 1. The quantitative estimate of drug-likeness (QED) is 0.756. The van der Waals surface area contributed by atoms with Crippen LogP contribution in [0.2, 0.25) is 0 Å². The molecule has 7 nitrogen and oxygen atoms in total. The van der Waals surface area contributed by atoms with Gasteiger partial charge in [0.2, 0.25) is 5.88 Å². The number of aromatic amines is 1. The van der Waals surface area contributed by atoms with E-state index in [2.05, 4.69) is 9.97 Å². The summed E-state index contributed by atoms with van der Waals surface area (Å²) in [6.07, 6.45) is 6.88. The Morgan fingerprint density at radius 3 is 2.74 bits per heavy atom. The van der Waals surface area contributed by atoms with Crippen molar-refractivity contribution >= 4 is 0 Å². The molecular weight excluding hydrogens is 248 g/mol. The number of aromatic nitrogens is 4. The van der Waals surface area contributed by atoms with Crippen molar-refractivity contribution in [2.24, 2.45) is 0 Å². The SMILES string of the molecule is Cc1c(O)n(CCCCn2ccnc2)c(=O)[nH]c1=O. The number of aryl methyl sites for hydroxylation is 1. The summed E-state index contributed by atoms with van der Waals surface area (Å²) in [5, 5.41) is 9.77. The third kappa shape index (κ3) is 2.93. The fourth-order valence-corrected chi connectivity index (χ4v) is 1.85. The summed E-state index contributed by atoms with van der Waals surface area (Å²) < 4.78 is 3.13. The molecule has 2 heterocycles. The number of hydrogen-bond donors (Lipinski definition) is 2. The molecule has 19 heavy (non-hydrogen) atoms. The molecule has 2 aromatic rings. The molecule has 0 aromatic carbocycles. The monoisotopic (exact) mass is 264 g/mol. The molecule has 0 amide bonds. The Kier molecular flexibility index (Phi) is 3.84. The van der Waals surface area contributed by atoms with Crippen molar-refractivity contribution in [3.8, 4) is 5.88 Å². The van der Waals surface area contributed by atoms with Crippen LogP contribution in [0.25, 0.3) is 0 Å². The van der Waals surface area contributed by atoms with Gasteiger partial charge in [-0.3, -0.25) is 14.3 Å².